The number of aromatic nitrogens is 3. The molecule has 0 saturated carbocycles. The summed E-state index contributed by atoms with van der Waals surface area (Å²) in [7, 11) is 4.94. The molecule has 2 heterocycles. The van der Waals surface area contributed by atoms with Crippen molar-refractivity contribution in [2.45, 2.75) is 26.7 Å². The van der Waals surface area contributed by atoms with Gasteiger partial charge in [0.15, 0.2) is 23.1 Å². The van der Waals surface area contributed by atoms with Gasteiger partial charge < -0.3 is 28.8 Å². The Hall–Kier alpha value is -5.03. The first-order valence-corrected chi connectivity index (χ1v) is 14.1. The number of fused-ring (bicyclic) bond motifs is 2. The van der Waals surface area contributed by atoms with E-state index in [1.165, 1.54) is 25.6 Å². The van der Waals surface area contributed by atoms with Gasteiger partial charge in [-0.05, 0) is 49.2 Å². The molecule has 0 aliphatic heterocycles. The van der Waals surface area contributed by atoms with Crippen LogP contribution in [0.1, 0.15) is 35.0 Å². The van der Waals surface area contributed by atoms with Gasteiger partial charge in [-0.25, -0.2) is 14.4 Å². The normalized spacial score (nSPS) is 11.1. The predicted octanol–water partition coefficient (Wildman–Crippen LogP) is 5.96. The summed E-state index contributed by atoms with van der Waals surface area (Å²) < 4.78 is 39.3. The molecule has 1 amide bonds. The summed E-state index contributed by atoms with van der Waals surface area (Å²) in [6.45, 7) is 4.69. The van der Waals surface area contributed by atoms with E-state index in [1.54, 1.807) is 37.8 Å². The second-order valence-electron chi connectivity index (χ2n) is 10.1. The van der Waals surface area contributed by atoms with Crippen molar-refractivity contribution in [1.29, 1.82) is 0 Å². The van der Waals surface area contributed by atoms with Crippen LogP contribution in [0.4, 0.5) is 10.1 Å². The molecule has 0 unspecified atom stereocenters. The largest absolute Gasteiger partial charge is 0.493 e. The van der Waals surface area contributed by atoms with Crippen LogP contribution in [0.15, 0.2) is 59.7 Å². The molecule has 44 heavy (non-hydrogen) atoms. The second-order valence-corrected chi connectivity index (χ2v) is 10.1. The maximum atomic E-state index is 15.3. The molecule has 228 valence electrons. The monoisotopic (exact) mass is 600 g/mol. The van der Waals surface area contributed by atoms with Crippen LogP contribution in [0, 0.1) is 12.7 Å². The molecule has 0 radical (unpaired) electrons. The molecule has 0 aliphatic carbocycles. The van der Waals surface area contributed by atoms with Gasteiger partial charge in [0.1, 0.15) is 11.9 Å². The zero-order valence-electron chi connectivity index (χ0n) is 25.2. The first-order chi connectivity index (χ1) is 21.2. The fourth-order valence-electron chi connectivity index (χ4n) is 4.93. The Morgan fingerprint density at radius 2 is 1.80 bits per heavy atom. The molecule has 5 aromatic rings. The molecule has 0 atom stereocenters. The van der Waals surface area contributed by atoms with E-state index >= 15 is 4.39 Å². The molecule has 3 aromatic carbocycles. The number of nitrogens with zero attached hydrogens (tertiary/aromatic N) is 3. The Balaban J connectivity index is 1.39. The standard InChI is InChI=1S/C33H33FN4O6/c1-6-20-8-10-26-23(14-20)31(39)30(19(2)38(26)3)32(40)37-21-9-11-27(24(34)15-21)44-33-22-16-28(42-5)29(43-13-7-12-41-4)17-25(22)35-18-36-33/h8-11,14-18H,6-7,12-13H2,1-5H3,(H,37,40). The molecular weight excluding hydrogens is 567 g/mol. The van der Waals surface area contributed by atoms with Crippen LogP contribution in [0.3, 0.4) is 0 Å². The van der Waals surface area contributed by atoms with Crippen molar-refractivity contribution in [3.05, 3.63) is 87.7 Å². The number of hydrogen-bond donors (Lipinski definition) is 1. The maximum Gasteiger partial charge on any atom is 0.261 e. The van der Waals surface area contributed by atoms with Gasteiger partial charge >= 0.3 is 0 Å². The Kier molecular flexibility index (Phi) is 9.05. The molecule has 10 nitrogen and oxygen atoms in total. The zero-order chi connectivity index (χ0) is 31.4. The molecule has 0 fully saturated rings. The van der Waals surface area contributed by atoms with E-state index in [-0.39, 0.29) is 28.3 Å². The number of rotatable bonds is 11. The number of nitrogens with one attached hydrogen (secondary N) is 1. The van der Waals surface area contributed by atoms with E-state index in [9.17, 15) is 9.59 Å². The van der Waals surface area contributed by atoms with Crippen molar-refractivity contribution < 1.29 is 28.1 Å². The minimum Gasteiger partial charge on any atom is -0.493 e. The third-order valence-electron chi connectivity index (χ3n) is 7.43. The lowest BCUT2D eigenvalue weighted by atomic mass is 10.0. The van der Waals surface area contributed by atoms with E-state index in [2.05, 4.69) is 15.3 Å². The van der Waals surface area contributed by atoms with E-state index in [0.29, 0.717) is 53.1 Å². The van der Waals surface area contributed by atoms with Crippen LogP contribution in [0.25, 0.3) is 21.8 Å². The molecular formula is C33H33FN4O6. The molecule has 0 aliphatic rings. The second kappa shape index (κ2) is 13.1. The third kappa shape index (κ3) is 6.04. The van der Waals surface area contributed by atoms with Gasteiger partial charge in [0, 0.05) is 56.1 Å². The Morgan fingerprint density at radius 1 is 0.977 bits per heavy atom. The first kappa shape index (κ1) is 30.4. The van der Waals surface area contributed by atoms with Crippen molar-refractivity contribution in [2.24, 2.45) is 7.05 Å². The minimum absolute atomic E-state index is 0.00237. The highest BCUT2D eigenvalue weighted by Gasteiger charge is 2.20. The molecule has 11 heteroatoms. The van der Waals surface area contributed by atoms with Crippen molar-refractivity contribution in [1.82, 2.24) is 14.5 Å². The number of benzene rings is 3. The van der Waals surface area contributed by atoms with Gasteiger partial charge in [0.25, 0.3) is 5.91 Å². The fourth-order valence-corrected chi connectivity index (χ4v) is 4.93. The topological polar surface area (TPSA) is 114 Å². The number of pyridine rings is 1. The van der Waals surface area contributed by atoms with E-state index < -0.39 is 11.7 Å². The highest BCUT2D eigenvalue weighted by atomic mass is 19.1. The number of aryl methyl sites for hydroxylation is 2. The summed E-state index contributed by atoms with van der Waals surface area (Å²) in [5.74, 6) is -0.448. The molecule has 5 rings (SSSR count). The van der Waals surface area contributed by atoms with Crippen LogP contribution >= 0.6 is 0 Å². The van der Waals surface area contributed by atoms with Crippen LogP contribution in [-0.4, -0.2) is 47.9 Å². The zero-order valence-corrected chi connectivity index (χ0v) is 25.2. The highest BCUT2D eigenvalue weighted by Crippen LogP contribution is 2.37. The molecule has 0 spiro atoms. The van der Waals surface area contributed by atoms with Gasteiger partial charge in [0.05, 0.1) is 30.1 Å². The SMILES string of the molecule is CCc1ccc2c(c1)c(=O)c(C(=O)Nc1ccc(Oc3ncnc4cc(OCCCOC)c(OC)cc34)c(F)c1)c(C)n2C. The van der Waals surface area contributed by atoms with Gasteiger partial charge in [-0.1, -0.05) is 13.0 Å². The number of carbonyl (C=O) groups is 1. The third-order valence-corrected chi connectivity index (χ3v) is 7.43. The van der Waals surface area contributed by atoms with Gasteiger partial charge in [0.2, 0.25) is 11.3 Å². The smallest absolute Gasteiger partial charge is 0.261 e. The average Bonchev–Trinajstić information content (AvgIpc) is 3.02. The summed E-state index contributed by atoms with van der Waals surface area (Å²) in [4.78, 5) is 35.2. The average molecular weight is 601 g/mol. The number of halogens is 1. The summed E-state index contributed by atoms with van der Waals surface area (Å²) in [6.07, 6.45) is 2.76. The minimum atomic E-state index is -0.740. The number of carbonyl (C=O) groups excluding carboxylic acids is 1. The lowest BCUT2D eigenvalue weighted by Gasteiger charge is -2.15. The number of hydrogen-bond acceptors (Lipinski definition) is 8. The number of ether oxygens (including phenoxy) is 4. The Bertz CT molecular complexity index is 1920. The number of amides is 1. The Labute approximate surface area is 253 Å². The van der Waals surface area contributed by atoms with Crippen LogP contribution in [0.2, 0.25) is 0 Å². The van der Waals surface area contributed by atoms with E-state index in [4.69, 9.17) is 18.9 Å². The van der Waals surface area contributed by atoms with Gasteiger partial charge in [-0.3, -0.25) is 9.59 Å². The summed E-state index contributed by atoms with van der Waals surface area (Å²) in [5, 5.41) is 3.60. The summed E-state index contributed by atoms with van der Waals surface area (Å²) in [5.41, 5.74) is 2.52. The molecule has 2 aromatic heterocycles. The van der Waals surface area contributed by atoms with Gasteiger partial charge in [-0.2, -0.15) is 0 Å². The first-order valence-electron chi connectivity index (χ1n) is 14.1. The van der Waals surface area contributed by atoms with Crippen molar-refractivity contribution in [3.8, 4) is 23.1 Å². The fraction of sp³-hybridized carbons (Fsp3) is 0.273. The van der Waals surface area contributed by atoms with Gasteiger partial charge in [-0.15, -0.1) is 0 Å². The highest BCUT2D eigenvalue weighted by molar-refractivity contribution is 6.07. The lowest BCUT2D eigenvalue weighted by Crippen LogP contribution is -2.26. The van der Waals surface area contributed by atoms with Crippen LogP contribution < -0.4 is 25.0 Å². The van der Waals surface area contributed by atoms with Crippen molar-refractivity contribution in [3.63, 3.8) is 0 Å². The molecule has 1 N–H and O–H groups in total. The summed E-state index contributed by atoms with van der Waals surface area (Å²) >= 11 is 0. The lowest BCUT2D eigenvalue weighted by molar-refractivity contribution is 0.102. The van der Waals surface area contributed by atoms with E-state index in [0.717, 1.165) is 23.6 Å². The maximum absolute atomic E-state index is 15.3. The van der Waals surface area contributed by atoms with Crippen LogP contribution in [0.5, 0.6) is 23.1 Å². The Morgan fingerprint density at radius 3 is 2.52 bits per heavy atom. The molecule has 0 saturated heterocycles. The van der Waals surface area contributed by atoms with Crippen molar-refractivity contribution in [2.75, 3.05) is 32.8 Å². The number of methoxy groups -OCH3 is 2. The van der Waals surface area contributed by atoms with Crippen LogP contribution in [-0.2, 0) is 18.2 Å². The summed E-state index contributed by atoms with van der Waals surface area (Å²) in [6, 6.07) is 13.0. The predicted molar refractivity (Wildman–Crippen MR) is 166 cm³/mol. The molecule has 0 bridgehead atoms. The quantitative estimate of drug-likeness (QED) is 0.185. The van der Waals surface area contributed by atoms with E-state index in [1.807, 2.05) is 25.1 Å². The number of anilines is 1. The van der Waals surface area contributed by atoms with Crippen molar-refractivity contribution >= 4 is 33.4 Å².